The van der Waals surface area contributed by atoms with Crippen LogP contribution in [0.5, 0.6) is 0 Å². The minimum atomic E-state index is -0.428. The molecule has 0 spiro atoms. The van der Waals surface area contributed by atoms with E-state index in [0.717, 1.165) is 4.88 Å². The summed E-state index contributed by atoms with van der Waals surface area (Å²) < 4.78 is 5.29. The number of hydrogen-bond donors (Lipinski definition) is 1. The molecular weight excluding hydrogens is 250 g/mol. The molecule has 1 heterocycles. The van der Waals surface area contributed by atoms with Crippen LogP contribution in [0, 0.1) is 5.92 Å². The van der Waals surface area contributed by atoms with E-state index in [4.69, 9.17) is 4.74 Å². The lowest BCUT2D eigenvalue weighted by Gasteiger charge is -2.19. The summed E-state index contributed by atoms with van der Waals surface area (Å²) in [6.45, 7) is 5.70. The second-order valence-corrected chi connectivity index (χ2v) is 5.50. The summed E-state index contributed by atoms with van der Waals surface area (Å²) in [7, 11) is 0. The number of rotatable bonds is 7. The first-order chi connectivity index (χ1) is 8.50. The molecule has 0 aliphatic carbocycles. The molecule has 1 atom stereocenters. The van der Waals surface area contributed by atoms with E-state index in [1.54, 1.807) is 11.3 Å². The van der Waals surface area contributed by atoms with Crippen molar-refractivity contribution in [3.63, 3.8) is 0 Å². The summed E-state index contributed by atoms with van der Waals surface area (Å²) in [5, 5.41) is 4.65. The molecule has 0 saturated heterocycles. The topological polar surface area (TPSA) is 55.4 Å². The first kappa shape index (κ1) is 14.9. The highest BCUT2D eigenvalue weighted by Crippen LogP contribution is 2.09. The van der Waals surface area contributed by atoms with Gasteiger partial charge in [0.2, 0.25) is 5.91 Å². The fraction of sp³-hybridized carbons (Fsp3) is 0.538. The lowest BCUT2D eigenvalue weighted by molar-refractivity contribution is -0.131. The van der Waals surface area contributed by atoms with Crippen molar-refractivity contribution < 1.29 is 14.3 Å². The third-order valence-corrected chi connectivity index (χ3v) is 3.33. The van der Waals surface area contributed by atoms with Crippen LogP contribution < -0.4 is 5.32 Å². The van der Waals surface area contributed by atoms with Gasteiger partial charge in [0.15, 0.2) is 5.78 Å². The number of ether oxygens (including phenoxy) is 1. The van der Waals surface area contributed by atoms with E-state index in [2.05, 4.69) is 5.32 Å². The van der Waals surface area contributed by atoms with Crippen molar-refractivity contribution in [3.05, 3.63) is 22.4 Å². The van der Waals surface area contributed by atoms with Gasteiger partial charge in [0.1, 0.15) is 6.61 Å². The number of hydrogen-bond acceptors (Lipinski definition) is 4. The zero-order valence-electron chi connectivity index (χ0n) is 10.9. The third kappa shape index (κ3) is 4.98. The highest BCUT2D eigenvalue weighted by molar-refractivity contribution is 7.09. The van der Waals surface area contributed by atoms with E-state index < -0.39 is 6.04 Å². The van der Waals surface area contributed by atoms with Crippen LogP contribution in [-0.2, 0) is 20.9 Å². The van der Waals surface area contributed by atoms with Crippen LogP contribution >= 0.6 is 11.3 Å². The Bertz CT molecular complexity index is 387. The van der Waals surface area contributed by atoms with Gasteiger partial charge in [-0.15, -0.1) is 11.3 Å². The van der Waals surface area contributed by atoms with E-state index in [9.17, 15) is 9.59 Å². The molecule has 0 bridgehead atoms. The molecule has 0 saturated carbocycles. The third-order valence-electron chi connectivity index (χ3n) is 2.48. The van der Waals surface area contributed by atoms with E-state index >= 15 is 0 Å². The van der Waals surface area contributed by atoms with Gasteiger partial charge in [0.25, 0.3) is 0 Å². The zero-order chi connectivity index (χ0) is 13.5. The Hall–Kier alpha value is -1.20. The normalized spacial score (nSPS) is 12.4. The van der Waals surface area contributed by atoms with Gasteiger partial charge in [-0.05, 0) is 24.3 Å². The van der Waals surface area contributed by atoms with Gasteiger partial charge in [0, 0.05) is 4.88 Å². The highest BCUT2D eigenvalue weighted by atomic mass is 32.1. The molecule has 4 nitrogen and oxygen atoms in total. The fourth-order valence-electron chi connectivity index (χ4n) is 1.59. The standard InChI is InChI=1S/C13H19NO3S/c1-9(2)13(10(3)15)14-12(16)8-17-7-11-5-4-6-18-11/h4-6,9,13H,7-8H2,1-3H3,(H,14,16). The molecule has 1 amide bonds. The lowest BCUT2D eigenvalue weighted by atomic mass is 10.0. The molecule has 0 aromatic carbocycles. The van der Waals surface area contributed by atoms with Crippen molar-refractivity contribution in [2.75, 3.05) is 6.61 Å². The van der Waals surface area contributed by atoms with E-state index in [-0.39, 0.29) is 24.2 Å². The van der Waals surface area contributed by atoms with Crippen molar-refractivity contribution >= 4 is 23.0 Å². The van der Waals surface area contributed by atoms with Gasteiger partial charge < -0.3 is 10.1 Å². The van der Waals surface area contributed by atoms with Gasteiger partial charge in [-0.2, -0.15) is 0 Å². The largest absolute Gasteiger partial charge is 0.366 e. The molecule has 1 rings (SSSR count). The molecule has 0 aliphatic rings. The number of carbonyl (C=O) groups excluding carboxylic acids is 2. The van der Waals surface area contributed by atoms with Crippen LogP contribution in [0.1, 0.15) is 25.6 Å². The predicted molar refractivity (Wildman–Crippen MR) is 71.4 cm³/mol. The maximum atomic E-state index is 11.6. The van der Waals surface area contributed by atoms with Gasteiger partial charge in [0.05, 0.1) is 12.6 Å². The molecule has 1 N–H and O–H groups in total. The summed E-state index contributed by atoms with van der Waals surface area (Å²) in [5.41, 5.74) is 0. The number of amides is 1. The van der Waals surface area contributed by atoms with Crippen molar-refractivity contribution in [2.24, 2.45) is 5.92 Å². The molecule has 18 heavy (non-hydrogen) atoms. The maximum absolute atomic E-state index is 11.6. The molecular formula is C13H19NO3S. The summed E-state index contributed by atoms with van der Waals surface area (Å²) >= 11 is 1.59. The van der Waals surface area contributed by atoms with E-state index in [0.29, 0.717) is 6.61 Å². The Morgan fingerprint density at radius 3 is 2.67 bits per heavy atom. The number of carbonyl (C=O) groups is 2. The van der Waals surface area contributed by atoms with Gasteiger partial charge >= 0.3 is 0 Å². The maximum Gasteiger partial charge on any atom is 0.246 e. The van der Waals surface area contributed by atoms with Crippen LogP contribution in [0.4, 0.5) is 0 Å². The second kappa shape index (κ2) is 7.28. The summed E-state index contributed by atoms with van der Waals surface area (Å²) in [5.74, 6) is -0.194. The monoisotopic (exact) mass is 269 g/mol. The van der Waals surface area contributed by atoms with Crippen LogP contribution in [-0.4, -0.2) is 24.3 Å². The number of thiophene rings is 1. The molecule has 0 fully saturated rings. The average Bonchev–Trinajstić information content (AvgIpc) is 2.78. The number of ketones is 1. The Labute approximate surface area is 111 Å². The molecule has 100 valence electrons. The van der Waals surface area contributed by atoms with E-state index in [1.807, 2.05) is 31.4 Å². The Balaban J connectivity index is 2.30. The van der Waals surface area contributed by atoms with Gasteiger partial charge in [-0.25, -0.2) is 0 Å². The molecule has 1 aromatic rings. The Morgan fingerprint density at radius 2 is 2.17 bits per heavy atom. The molecule has 1 aromatic heterocycles. The molecule has 0 aliphatic heterocycles. The van der Waals surface area contributed by atoms with Crippen LogP contribution in [0.25, 0.3) is 0 Å². The average molecular weight is 269 g/mol. The van der Waals surface area contributed by atoms with Crippen molar-refractivity contribution in [1.82, 2.24) is 5.32 Å². The summed E-state index contributed by atoms with van der Waals surface area (Å²) in [6.07, 6.45) is 0. The Morgan fingerprint density at radius 1 is 1.44 bits per heavy atom. The van der Waals surface area contributed by atoms with Gasteiger partial charge in [-0.1, -0.05) is 19.9 Å². The van der Waals surface area contributed by atoms with Crippen molar-refractivity contribution in [3.8, 4) is 0 Å². The molecule has 1 unspecified atom stereocenters. The molecule has 5 heteroatoms. The van der Waals surface area contributed by atoms with Gasteiger partial charge in [-0.3, -0.25) is 9.59 Å². The quantitative estimate of drug-likeness (QED) is 0.823. The smallest absolute Gasteiger partial charge is 0.246 e. The molecule has 0 radical (unpaired) electrons. The summed E-state index contributed by atoms with van der Waals surface area (Å²) in [4.78, 5) is 24.0. The minimum absolute atomic E-state index is 0.0194. The minimum Gasteiger partial charge on any atom is -0.366 e. The van der Waals surface area contributed by atoms with Crippen LogP contribution in [0.15, 0.2) is 17.5 Å². The van der Waals surface area contributed by atoms with Crippen molar-refractivity contribution in [2.45, 2.75) is 33.4 Å². The predicted octanol–water partition coefficient (Wildman–Crippen LogP) is 1.99. The lowest BCUT2D eigenvalue weighted by Crippen LogP contribution is -2.44. The summed E-state index contributed by atoms with van der Waals surface area (Å²) in [6, 6.07) is 3.46. The van der Waals surface area contributed by atoms with Crippen molar-refractivity contribution in [1.29, 1.82) is 0 Å². The van der Waals surface area contributed by atoms with E-state index in [1.165, 1.54) is 6.92 Å². The van der Waals surface area contributed by atoms with Crippen LogP contribution in [0.3, 0.4) is 0 Å². The SMILES string of the molecule is CC(=O)C(NC(=O)COCc1cccs1)C(C)C. The van der Waals surface area contributed by atoms with Crippen LogP contribution in [0.2, 0.25) is 0 Å². The number of nitrogens with one attached hydrogen (secondary N) is 1. The Kier molecular flexibility index (Phi) is 6.01. The second-order valence-electron chi connectivity index (χ2n) is 4.47. The first-order valence-corrected chi connectivity index (χ1v) is 6.78. The highest BCUT2D eigenvalue weighted by Gasteiger charge is 2.20. The fourth-order valence-corrected chi connectivity index (χ4v) is 2.23. The first-order valence-electron chi connectivity index (χ1n) is 5.90. The number of Topliss-reactive ketones (excluding diaryl/α,β-unsaturated/α-hetero) is 1. The zero-order valence-corrected chi connectivity index (χ0v) is 11.8.